The predicted molar refractivity (Wildman–Crippen MR) is 87.2 cm³/mol. The van der Waals surface area contributed by atoms with Crippen LogP contribution in [0.15, 0.2) is 51.6 Å². The molecule has 6 nitrogen and oxygen atoms in total. The third-order valence-electron chi connectivity index (χ3n) is 3.12. The molecule has 0 aliphatic carbocycles. The van der Waals surface area contributed by atoms with E-state index in [0.29, 0.717) is 15.6 Å². The Bertz CT molecular complexity index is 961. The maximum absolute atomic E-state index is 12.2. The molecule has 3 rings (SSSR count). The molecule has 0 N–H and O–H groups in total. The topological polar surface area (TPSA) is 77.7 Å². The molecule has 0 amide bonds. The zero-order valence-corrected chi connectivity index (χ0v) is 13.7. The van der Waals surface area contributed by atoms with Crippen LogP contribution < -0.4 is 5.56 Å². The number of aromatic nitrogens is 2. The Labute approximate surface area is 137 Å². The summed E-state index contributed by atoms with van der Waals surface area (Å²) in [5.74, 6) is -0.594. The van der Waals surface area contributed by atoms with Gasteiger partial charge in [0.05, 0.1) is 27.0 Å². The van der Waals surface area contributed by atoms with Crippen LogP contribution in [0, 0.1) is 0 Å². The van der Waals surface area contributed by atoms with Gasteiger partial charge < -0.3 is 4.74 Å². The molecule has 0 aliphatic rings. The number of carbonyl (C=O) groups excluding carboxylic acids is 1. The molecular weight excluding hydrogens is 336 g/mol. The van der Waals surface area contributed by atoms with Gasteiger partial charge in [-0.3, -0.25) is 13.4 Å². The Morgan fingerprint density at radius 1 is 1.39 bits per heavy atom. The van der Waals surface area contributed by atoms with Gasteiger partial charge in [0.2, 0.25) is 0 Å². The number of esters is 1. The molecule has 0 bridgehead atoms. The first-order valence-electron chi connectivity index (χ1n) is 6.61. The first-order valence-corrected chi connectivity index (χ1v) is 9.05. The molecule has 1 atom stereocenters. The smallest absolute Gasteiger partial charge is 0.339 e. The van der Waals surface area contributed by atoms with E-state index in [9.17, 15) is 13.8 Å². The third kappa shape index (κ3) is 3.22. The molecular formula is C15H12N2O4S2. The van der Waals surface area contributed by atoms with Crippen LogP contribution in [0.2, 0.25) is 0 Å². The number of nitrogens with zero attached hydrogens (tertiary/aromatic N) is 2. The van der Waals surface area contributed by atoms with Crippen molar-refractivity contribution in [3.8, 4) is 0 Å². The van der Waals surface area contributed by atoms with E-state index in [-0.39, 0.29) is 17.7 Å². The zero-order valence-electron chi connectivity index (χ0n) is 12.1. The van der Waals surface area contributed by atoms with Gasteiger partial charge in [-0.1, -0.05) is 12.1 Å². The van der Waals surface area contributed by atoms with Gasteiger partial charge in [-0.25, -0.2) is 9.78 Å². The van der Waals surface area contributed by atoms with Gasteiger partial charge in [-0.2, -0.15) is 0 Å². The SMILES string of the molecule is C[S@](=O)c1ccccc1C(=O)OCc1cc(=O)n2ccsc2n1. The van der Waals surface area contributed by atoms with Gasteiger partial charge in [-0.15, -0.1) is 11.3 Å². The first-order chi connectivity index (χ1) is 11.1. The summed E-state index contributed by atoms with van der Waals surface area (Å²) >= 11 is 1.32. The van der Waals surface area contributed by atoms with Crippen LogP contribution in [0.5, 0.6) is 0 Å². The number of thiazole rings is 1. The molecule has 2 aromatic heterocycles. The van der Waals surface area contributed by atoms with Gasteiger partial charge in [0.25, 0.3) is 5.56 Å². The number of hydrogen-bond donors (Lipinski definition) is 0. The number of hydrogen-bond acceptors (Lipinski definition) is 6. The van der Waals surface area contributed by atoms with Crippen LogP contribution in [-0.2, 0) is 22.1 Å². The fraction of sp³-hybridized carbons (Fsp3) is 0.133. The van der Waals surface area contributed by atoms with E-state index in [2.05, 4.69) is 4.98 Å². The van der Waals surface area contributed by atoms with Crippen molar-refractivity contribution in [3.05, 3.63) is 63.5 Å². The summed E-state index contributed by atoms with van der Waals surface area (Å²) in [5, 5.41) is 1.76. The normalized spacial score (nSPS) is 12.2. The summed E-state index contributed by atoms with van der Waals surface area (Å²) in [4.78, 5) is 29.3. The molecule has 0 radical (unpaired) electrons. The maximum Gasteiger partial charge on any atom is 0.339 e. The monoisotopic (exact) mass is 348 g/mol. The molecule has 0 spiro atoms. The van der Waals surface area contributed by atoms with Gasteiger partial charge in [0.1, 0.15) is 6.61 Å². The fourth-order valence-electron chi connectivity index (χ4n) is 2.06. The lowest BCUT2D eigenvalue weighted by atomic mass is 10.2. The molecule has 118 valence electrons. The molecule has 0 unspecified atom stereocenters. The van der Waals surface area contributed by atoms with E-state index in [1.165, 1.54) is 28.1 Å². The van der Waals surface area contributed by atoms with Crippen LogP contribution in [0.25, 0.3) is 4.96 Å². The standard InChI is InChI=1S/C15H12N2O4S2/c1-23(20)12-5-3-2-4-11(12)14(19)21-9-10-8-13(18)17-6-7-22-15(17)16-10/h2-8H,9H2,1H3/t23-/m0/s1. The number of carbonyl (C=O) groups is 1. The van der Waals surface area contributed by atoms with Crippen molar-refractivity contribution >= 4 is 33.1 Å². The zero-order chi connectivity index (χ0) is 16.4. The molecule has 0 saturated carbocycles. The second kappa shape index (κ2) is 6.43. The van der Waals surface area contributed by atoms with Crippen molar-refractivity contribution in [2.24, 2.45) is 0 Å². The van der Waals surface area contributed by atoms with Crippen LogP contribution in [-0.4, -0.2) is 25.8 Å². The van der Waals surface area contributed by atoms with Gasteiger partial charge >= 0.3 is 5.97 Å². The fourth-order valence-corrected chi connectivity index (χ4v) is 3.53. The van der Waals surface area contributed by atoms with Crippen molar-refractivity contribution in [3.63, 3.8) is 0 Å². The average molecular weight is 348 g/mol. The minimum Gasteiger partial charge on any atom is -0.456 e. The summed E-state index contributed by atoms with van der Waals surface area (Å²) in [6.07, 6.45) is 3.14. The number of rotatable bonds is 4. The van der Waals surface area contributed by atoms with Crippen LogP contribution in [0.4, 0.5) is 0 Å². The highest BCUT2D eigenvalue weighted by Crippen LogP contribution is 2.15. The summed E-state index contributed by atoms with van der Waals surface area (Å²) in [6.45, 7) is -0.118. The van der Waals surface area contributed by atoms with E-state index in [1.807, 2.05) is 0 Å². The van der Waals surface area contributed by atoms with E-state index in [4.69, 9.17) is 4.74 Å². The molecule has 0 saturated heterocycles. The lowest BCUT2D eigenvalue weighted by Crippen LogP contribution is -2.15. The summed E-state index contributed by atoms with van der Waals surface area (Å²) in [6, 6.07) is 7.89. The number of benzene rings is 1. The Morgan fingerprint density at radius 3 is 2.96 bits per heavy atom. The second-order valence-corrected chi connectivity index (χ2v) is 6.89. The minimum absolute atomic E-state index is 0.118. The van der Waals surface area contributed by atoms with Gasteiger partial charge in [0, 0.05) is 23.9 Å². The number of fused-ring (bicyclic) bond motifs is 1. The van der Waals surface area contributed by atoms with Crippen molar-refractivity contribution in [1.82, 2.24) is 9.38 Å². The average Bonchev–Trinajstić information content (AvgIpc) is 3.01. The van der Waals surface area contributed by atoms with Crippen molar-refractivity contribution in [1.29, 1.82) is 0 Å². The first kappa shape index (κ1) is 15.6. The van der Waals surface area contributed by atoms with Crippen LogP contribution in [0.3, 0.4) is 0 Å². The molecule has 1 aromatic carbocycles. The Hall–Kier alpha value is -2.32. The largest absolute Gasteiger partial charge is 0.456 e. The highest BCUT2D eigenvalue weighted by molar-refractivity contribution is 7.84. The molecule has 23 heavy (non-hydrogen) atoms. The quantitative estimate of drug-likeness (QED) is 0.673. The highest BCUT2D eigenvalue weighted by atomic mass is 32.2. The molecule has 3 aromatic rings. The van der Waals surface area contributed by atoms with Crippen molar-refractivity contribution < 1.29 is 13.7 Å². The Balaban J connectivity index is 1.81. The summed E-state index contributed by atoms with van der Waals surface area (Å²) < 4.78 is 18.3. The van der Waals surface area contributed by atoms with Crippen molar-refractivity contribution in [2.75, 3.05) is 6.26 Å². The van der Waals surface area contributed by atoms with E-state index in [0.717, 1.165) is 0 Å². The molecule has 0 fully saturated rings. The van der Waals surface area contributed by atoms with Crippen molar-refractivity contribution in [2.45, 2.75) is 11.5 Å². The Kier molecular flexibility index (Phi) is 4.35. The molecule has 0 aliphatic heterocycles. The second-order valence-electron chi connectivity index (χ2n) is 4.67. The maximum atomic E-state index is 12.2. The van der Waals surface area contributed by atoms with Gasteiger partial charge in [0.15, 0.2) is 4.96 Å². The van der Waals surface area contributed by atoms with E-state index >= 15 is 0 Å². The number of ether oxygens (including phenoxy) is 1. The lowest BCUT2D eigenvalue weighted by molar-refractivity contribution is 0.0463. The lowest BCUT2D eigenvalue weighted by Gasteiger charge is -2.07. The third-order valence-corrected chi connectivity index (χ3v) is 4.86. The molecule has 8 heteroatoms. The highest BCUT2D eigenvalue weighted by Gasteiger charge is 2.15. The minimum atomic E-state index is -1.29. The van der Waals surface area contributed by atoms with Gasteiger partial charge in [-0.05, 0) is 12.1 Å². The van der Waals surface area contributed by atoms with Crippen LogP contribution in [0.1, 0.15) is 16.1 Å². The van der Waals surface area contributed by atoms with Crippen LogP contribution >= 0.6 is 11.3 Å². The van der Waals surface area contributed by atoms with E-state index < -0.39 is 16.8 Å². The predicted octanol–water partition coefficient (Wildman–Crippen LogP) is 1.85. The van der Waals surface area contributed by atoms with E-state index in [1.54, 1.807) is 35.8 Å². The summed E-state index contributed by atoms with van der Waals surface area (Å²) in [7, 11) is -1.29. The molecule has 2 heterocycles. The Morgan fingerprint density at radius 2 is 2.17 bits per heavy atom. The summed E-state index contributed by atoms with van der Waals surface area (Å²) in [5.41, 5.74) is 0.403.